The number of carbonyl (C=O) groups is 2. The monoisotopic (exact) mass is 381 g/mol. The molecule has 0 spiro atoms. The van der Waals surface area contributed by atoms with Gasteiger partial charge >= 0.3 is 0 Å². The zero-order valence-electron chi connectivity index (χ0n) is 14.4. The lowest BCUT2D eigenvalue weighted by atomic mass is 10.1. The van der Waals surface area contributed by atoms with Gasteiger partial charge in [-0.2, -0.15) is 0 Å². The highest BCUT2D eigenvalue weighted by Gasteiger charge is 2.35. The number of amides is 2. The largest absolute Gasteiger partial charge is 0.508 e. The van der Waals surface area contributed by atoms with Gasteiger partial charge in [0.15, 0.2) is 0 Å². The second-order valence-corrected chi connectivity index (χ2v) is 8.73. The van der Waals surface area contributed by atoms with Gasteiger partial charge in [-0.25, -0.2) is 12.7 Å². The van der Waals surface area contributed by atoms with Gasteiger partial charge in [0.2, 0.25) is 21.8 Å². The second kappa shape index (κ2) is 7.63. The summed E-state index contributed by atoms with van der Waals surface area (Å²) in [6, 6.07) is 6.31. The summed E-state index contributed by atoms with van der Waals surface area (Å²) in [6.45, 7) is 1.35. The molecule has 0 aromatic heterocycles. The van der Waals surface area contributed by atoms with Gasteiger partial charge in [0.1, 0.15) is 5.75 Å². The first-order valence-electron chi connectivity index (χ1n) is 8.72. The van der Waals surface area contributed by atoms with Crippen LogP contribution in [0.25, 0.3) is 0 Å². The molecule has 2 fully saturated rings. The molecule has 0 radical (unpaired) electrons. The van der Waals surface area contributed by atoms with E-state index in [1.54, 1.807) is 12.1 Å². The fraction of sp³-hybridized carbons (Fsp3) is 0.529. The zero-order chi connectivity index (χ0) is 18.7. The standard InChI is InChI=1S/C17H23N3O5S/c21-15-5-3-4-14(11-15)20-12-13(10-16(20)22)17(23)18-6-9-26(24,25)19-7-1-2-8-19/h3-5,11,13,21H,1-2,6-10,12H2,(H,18,23)/t13-/m1/s1. The Balaban J connectivity index is 1.52. The maximum absolute atomic E-state index is 12.3. The van der Waals surface area contributed by atoms with Crippen molar-refractivity contribution in [3.8, 4) is 5.75 Å². The number of aromatic hydroxyl groups is 1. The summed E-state index contributed by atoms with van der Waals surface area (Å²) in [5, 5.41) is 12.2. The molecule has 0 unspecified atom stereocenters. The Hall–Kier alpha value is -2.13. The van der Waals surface area contributed by atoms with E-state index in [1.807, 2.05) is 0 Å². The molecule has 1 atom stereocenters. The van der Waals surface area contributed by atoms with E-state index in [0.29, 0.717) is 18.8 Å². The molecule has 2 aliphatic heterocycles. The Labute approximate surface area is 152 Å². The molecule has 8 nitrogen and oxygen atoms in total. The van der Waals surface area contributed by atoms with Gasteiger partial charge in [0.25, 0.3) is 0 Å². The van der Waals surface area contributed by atoms with Crippen molar-refractivity contribution in [3.63, 3.8) is 0 Å². The van der Waals surface area contributed by atoms with E-state index in [4.69, 9.17) is 0 Å². The fourth-order valence-electron chi connectivity index (χ4n) is 3.34. The van der Waals surface area contributed by atoms with Gasteiger partial charge in [-0.3, -0.25) is 9.59 Å². The van der Waals surface area contributed by atoms with Crippen molar-refractivity contribution >= 4 is 27.5 Å². The highest BCUT2D eigenvalue weighted by atomic mass is 32.2. The van der Waals surface area contributed by atoms with E-state index in [0.717, 1.165) is 12.8 Å². The molecule has 9 heteroatoms. The first-order valence-corrected chi connectivity index (χ1v) is 10.3. The van der Waals surface area contributed by atoms with E-state index in [9.17, 15) is 23.1 Å². The van der Waals surface area contributed by atoms with E-state index < -0.39 is 15.9 Å². The SMILES string of the molecule is O=C(NCCS(=O)(=O)N1CCCC1)[C@@H]1CC(=O)N(c2cccc(O)c2)C1. The summed E-state index contributed by atoms with van der Waals surface area (Å²) < 4.78 is 25.8. The third-order valence-corrected chi connectivity index (χ3v) is 6.63. The molecular formula is C17H23N3O5S. The van der Waals surface area contributed by atoms with Crippen molar-refractivity contribution < 1.29 is 23.1 Å². The molecule has 0 bridgehead atoms. The molecule has 2 heterocycles. The van der Waals surface area contributed by atoms with Crippen LogP contribution in [0.2, 0.25) is 0 Å². The van der Waals surface area contributed by atoms with Crippen molar-refractivity contribution in [3.05, 3.63) is 24.3 Å². The smallest absolute Gasteiger partial charge is 0.227 e. The first kappa shape index (κ1) is 18.7. The number of sulfonamides is 1. The quantitative estimate of drug-likeness (QED) is 0.736. The zero-order valence-corrected chi connectivity index (χ0v) is 15.2. The highest BCUT2D eigenvalue weighted by Crippen LogP contribution is 2.27. The van der Waals surface area contributed by atoms with Crippen LogP contribution < -0.4 is 10.2 Å². The van der Waals surface area contributed by atoms with Gasteiger partial charge in [-0.1, -0.05) is 6.07 Å². The summed E-state index contributed by atoms with van der Waals surface area (Å²) in [5.41, 5.74) is 0.543. The summed E-state index contributed by atoms with van der Waals surface area (Å²) in [6.07, 6.45) is 1.82. The maximum atomic E-state index is 12.3. The number of anilines is 1. The minimum Gasteiger partial charge on any atom is -0.508 e. The Morgan fingerprint density at radius 1 is 1.27 bits per heavy atom. The molecule has 2 N–H and O–H groups in total. The normalized spacial score (nSPS) is 21.3. The molecule has 142 valence electrons. The van der Waals surface area contributed by atoms with Crippen LogP contribution in [0, 0.1) is 5.92 Å². The maximum Gasteiger partial charge on any atom is 0.227 e. The molecule has 2 saturated heterocycles. The number of hydrogen-bond acceptors (Lipinski definition) is 5. The summed E-state index contributed by atoms with van der Waals surface area (Å²) in [4.78, 5) is 25.9. The lowest BCUT2D eigenvalue weighted by molar-refractivity contribution is -0.126. The minimum absolute atomic E-state index is 0.0362. The summed E-state index contributed by atoms with van der Waals surface area (Å²) in [5.74, 6) is -1.12. The number of phenols is 1. The van der Waals surface area contributed by atoms with Crippen LogP contribution in [-0.4, -0.2) is 61.6 Å². The van der Waals surface area contributed by atoms with Crippen molar-refractivity contribution in [2.75, 3.05) is 36.8 Å². The number of rotatable bonds is 6. The molecule has 1 aromatic carbocycles. The minimum atomic E-state index is -3.34. The van der Waals surface area contributed by atoms with Crippen LogP contribution >= 0.6 is 0 Å². The number of nitrogens with one attached hydrogen (secondary N) is 1. The van der Waals surface area contributed by atoms with Gasteiger partial charge in [-0.15, -0.1) is 0 Å². The molecule has 0 saturated carbocycles. The molecule has 3 rings (SSSR count). The lowest BCUT2D eigenvalue weighted by Gasteiger charge is -2.17. The first-order chi connectivity index (χ1) is 12.4. The lowest BCUT2D eigenvalue weighted by Crippen LogP contribution is -2.39. The Morgan fingerprint density at radius 3 is 2.69 bits per heavy atom. The Morgan fingerprint density at radius 2 is 2.00 bits per heavy atom. The van der Waals surface area contributed by atoms with Crippen molar-refractivity contribution in [1.82, 2.24) is 9.62 Å². The van der Waals surface area contributed by atoms with Crippen LogP contribution in [0.5, 0.6) is 5.75 Å². The van der Waals surface area contributed by atoms with E-state index in [1.165, 1.54) is 21.3 Å². The third kappa shape index (κ3) is 4.16. The Kier molecular flexibility index (Phi) is 5.47. The van der Waals surface area contributed by atoms with Crippen molar-refractivity contribution in [1.29, 1.82) is 0 Å². The van der Waals surface area contributed by atoms with Crippen molar-refractivity contribution in [2.24, 2.45) is 5.92 Å². The number of nitrogens with zero attached hydrogens (tertiary/aromatic N) is 2. The average molecular weight is 381 g/mol. The summed E-state index contributed by atoms with van der Waals surface area (Å²) in [7, 11) is -3.34. The third-order valence-electron chi connectivity index (χ3n) is 4.75. The van der Waals surface area contributed by atoms with Crippen LogP contribution in [0.4, 0.5) is 5.69 Å². The predicted molar refractivity (Wildman–Crippen MR) is 96.2 cm³/mol. The molecule has 0 aliphatic carbocycles. The van der Waals surface area contributed by atoms with Gasteiger partial charge in [0.05, 0.1) is 11.7 Å². The fourth-order valence-corrected chi connectivity index (χ4v) is 4.77. The van der Waals surface area contributed by atoms with E-state index in [-0.39, 0.29) is 42.8 Å². The van der Waals surface area contributed by atoms with E-state index >= 15 is 0 Å². The molecule has 1 aromatic rings. The number of hydrogen-bond donors (Lipinski definition) is 2. The average Bonchev–Trinajstić information content (AvgIpc) is 3.24. The highest BCUT2D eigenvalue weighted by molar-refractivity contribution is 7.89. The van der Waals surface area contributed by atoms with Gasteiger partial charge in [-0.05, 0) is 25.0 Å². The Bertz CT molecular complexity index is 789. The summed E-state index contributed by atoms with van der Waals surface area (Å²) >= 11 is 0. The molecule has 2 amide bonds. The van der Waals surface area contributed by atoms with Crippen LogP contribution in [-0.2, 0) is 19.6 Å². The van der Waals surface area contributed by atoms with Crippen LogP contribution in [0.3, 0.4) is 0 Å². The second-order valence-electron chi connectivity index (χ2n) is 6.64. The van der Waals surface area contributed by atoms with Crippen LogP contribution in [0.1, 0.15) is 19.3 Å². The molecule has 2 aliphatic rings. The van der Waals surface area contributed by atoms with Gasteiger partial charge in [0, 0.05) is 44.4 Å². The molecule has 26 heavy (non-hydrogen) atoms. The van der Waals surface area contributed by atoms with Gasteiger partial charge < -0.3 is 15.3 Å². The molecular weight excluding hydrogens is 358 g/mol. The number of phenolic OH excluding ortho intramolecular Hbond substituents is 1. The van der Waals surface area contributed by atoms with Crippen LogP contribution in [0.15, 0.2) is 24.3 Å². The van der Waals surface area contributed by atoms with E-state index in [2.05, 4.69) is 5.32 Å². The predicted octanol–water partition coefficient (Wildman–Crippen LogP) is 0.287. The topological polar surface area (TPSA) is 107 Å². The number of carbonyl (C=O) groups excluding carboxylic acids is 2. The van der Waals surface area contributed by atoms with Crippen molar-refractivity contribution in [2.45, 2.75) is 19.3 Å². The number of benzene rings is 1.